The average molecular weight is 279 g/mol. The number of aromatic nitrogens is 2. The smallest absolute Gasteiger partial charge is 0.140 e. The van der Waals surface area contributed by atoms with Crippen LogP contribution in [0.15, 0.2) is 48.5 Å². The Hall–Kier alpha value is -1.91. The first-order chi connectivity index (χ1) is 8.79. The molecule has 0 spiro atoms. The van der Waals surface area contributed by atoms with Crippen LogP contribution in [0.1, 0.15) is 5.82 Å². The molecule has 0 aliphatic carbocycles. The van der Waals surface area contributed by atoms with E-state index in [0.29, 0.717) is 11.3 Å². The lowest BCUT2D eigenvalue weighted by Crippen LogP contribution is -2.00. The molecule has 0 saturated carbocycles. The minimum absolute atomic E-state index is 0. The van der Waals surface area contributed by atoms with Gasteiger partial charge in [0.05, 0.1) is 11.0 Å². The molecule has 0 saturated heterocycles. The van der Waals surface area contributed by atoms with Crippen molar-refractivity contribution in [1.29, 1.82) is 0 Å². The summed E-state index contributed by atoms with van der Waals surface area (Å²) >= 11 is 0. The van der Waals surface area contributed by atoms with Gasteiger partial charge in [-0.15, -0.1) is 12.4 Å². The van der Waals surface area contributed by atoms with Gasteiger partial charge in [-0.1, -0.05) is 18.2 Å². The molecule has 0 unspecified atom stereocenters. The summed E-state index contributed by atoms with van der Waals surface area (Å²) < 4.78 is 15.0. The second kappa shape index (κ2) is 5.38. The Morgan fingerprint density at radius 1 is 1.11 bits per heavy atom. The summed E-state index contributed by atoms with van der Waals surface area (Å²) in [6.07, 6.45) is 0. The zero-order valence-electron chi connectivity index (χ0n) is 9.95. The highest BCUT2D eigenvalue weighted by molar-refractivity contribution is 5.85. The zero-order chi connectivity index (χ0) is 12.5. The van der Waals surface area contributed by atoms with E-state index in [-0.39, 0.29) is 24.8 Å². The Balaban J connectivity index is 0.00000133. The van der Waals surface area contributed by atoms with Crippen LogP contribution in [0.3, 0.4) is 0 Å². The molecular formula is C14H12ClFN2O. The summed E-state index contributed by atoms with van der Waals surface area (Å²) in [4.78, 5) is 4.24. The van der Waals surface area contributed by atoms with Crippen LogP contribution in [-0.2, 0) is 6.61 Å². The Morgan fingerprint density at radius 2 is 1.84 bits per heavy atom. The number of rotatable bonds is 2. The number of halogens is 2. The van der Waals surface area contributed by atoms with Gasteiger partial charge < -0.3 is 5.11 Å². The molecule has 0 amide bonds. The van der Waals surface area contributed by atoms with Gasteiger partial charge in [-0.05, 0) is 24.3 Å². The van der Waals surface area contributed by atoms with Gasteiger partial charge in [-0.3, -0.25) is 4.57 Å². The number of imidazole rings is 1. The van der Waals surface area contributed by atoms with Crippen molar-refractivity contribution < 1.29 is 9.50 Å². The number of hydrogen-bond donors (Lipinski definition) is 1. The van der Waals surface area contributed by atoms with Gasteiger partial charge in [-0.2, -0.15) is 0 Å². The van der Waals surface area contributed by atoms with Crippen molar-refractivity contribution in [2.75, 3.05) is 0 Å². The van der Waals surface area contributed by atoms with Crippen molar-refractivity contribution in [2.24, 2.45) is 0 Å². The van der Waals surface area contributed by atoms with E-state index >= 15 is 0 Å². The summed E-state index contributed by atoms with van der Waals surface area (Å²) in [5.41, 5.74) is 2.23. The van der Waals surface area contributed by atoms with Crippen LogP contribution >= 0.6 is 12.4 Å². The molecule has 3 aromatic rings. The summed E-state index contributed by atoms with van der Waals surface area (Å²) in [5.74, 6) is 0.173. The highest BCUT2D eigenvalue weighted by Gasteiger charge is 2.11. The van der Waals surface area contributed by atoms with E-state index in [2.05, 4.69) is 4.98 Å². The van der Waals surface area contributed by atoms with Gasteiger partial charge in [0, 0.05) is 11.8 Å². The molecule has 0 fully saturated rings. The normalized spacial score (nSPS) is 10.4. The maximum Gasteiger partial charge on any atom is 0.140 e. The van der Waals surface area contributed by atoms with E-state index in [4.69, 9.17) is 0 Å². The average Bonchev–Trinajstić information content (AvgIpc) is 2.77. The van der Waals surface area contributed by atoms with Crippen LogP contribution in [0.25, 0.3) is 16.7 Å². The Morgan fingerprint density at radius 3 is 2.53 bits per heavy atom. The predicted molar refractivity (Wildman–Crippen MR) is 74.2 cm³/mol. The standard InChI is InChI=1S/C14H11FN2O.ClH/c15-10-6-7-13-12(8-10)16-14(9-18)17(13)11-4-2-1-3-5-11;/h1-8,18H,9H2;1H. The number of nitrogens with zero attached hydrogens (tertiary/aromatic N) is 2. The molecular weight excluding hydrogens is 267 g/mol. The topological polar surface area (TPSA) is 38.1 Å². The van der Waals surface area contributed by atoms with Gasteiger partial charge >= 0.3 is 0 Å². The molecule has 0 aliphatic heterocycles. The van der Waals surface area contributed by atoms with Crippen LogP contribution in [0.5, 0.6) is 0 Å². The molecule has 3 rings (SSSR count). The molecule has 98 valence electrons. The fraction of sp³-hybridized carbons (Fsp3) is 0.0714. The lowest BCUT2D eigenvalue weighted by Gasteiger charge is -2.07. The van der Waals surface area contributed by atoms with E-state index in [1.807, 2.05) is 34.9 Å². The van der Waals surface area contributed by atoms with E-state index in [0.717, 1.165) is 11.2 Å². The number of fused-ring (bicyclic) bond motifs is 1. The molecule has 1 heterocycles. The Labute approximate surface area is 115 Å². The first kappa shape index (κ1) is 13.5. The fourth-order valence-electron chi connectivity index (χ4n) is 2.07. The monoisotopic (exact) mass is 278 g/mol. The van der Waals surface area contributed by atoms with Crippen molar-refractivity contribution in [3.8, 4) is 5.69 Å². The van der Waals surface area contributed by atoms with Crippen LogP contribution in [0.2, 0.25) is 0 Å². The van der Waals surface area contributed by atoms with Gasteiger partial charge in [-0.25, -0.2) is 9.37 Å². The van der Waals surface area contributed by atoms with E-state index in [1.54, 1.807) is 6.07 Å². The van der Waals surface area contributed by atoms with Crippen molar-refractivity contribution in [3.05, 3.63) is 60.2 Å². The van der Waals surface area contributed by atoms with E-state index in [9.17, 15) is 9.50 Å². The maximum atomic E-state index is 13.2. The minimum atomic E-state index is -0.329. The van der Waals surface area contributed by atoms with Gasteiger partial charge in [0.25, 0.3) is 0 Å². The summed E-state index contributed by atoms with van der Waals surface area (Å²) in [6, 6.07) is 14.0. The summed E-state index contributed by atoms with van der Waals surface area (Å²) in [5, 5.41) is 9.37. The third-order valence-electron chi connectivity index (χ3n) is 2.84. The van der Waals surface area contributed by atoms with Crippen LogP contribution < -0.4 is 0 Å². The van der Waals surface area contributed by atoms with Crippen LogP contribution in [-0.4, -0.2) is 14.7 Å². The number of aliphatic hydroxyl groups is 1. The molecule has 19 heavy (non-hydrogen) atoms. The lowest BCUT2D eigenvalue weighted by atomic mass is 10.2. The quantitative estimate of drug-likeness (QED) is 0.782. The summed E-state index contributed by atoms with van der Waals surface area (Å²) in [7, 11) is 0. The van der Waals surface area contributed by atoms with Crippen LogP contribution in [0, 0.1) is 5.82 Å². The number of aliphatic hydroxyl groups excluding tert-OH is 1. The van der Waals surface area contributed by atoms with Crippen molar-refractivity contribution in [1.82, 2.24) is 9.55 Å². The van der Waals surface area contributed by atoms with Crippen molar-refractivity contribution in [3.63, 3.8) is 0 Å². The van der Waals surface area contributed by atoms with E-state index < -0.39 is 0 Å². The number of hydrogen-bond acceptors (Lipinski definition) is 2. The highest BCUT2D eigenvalue weighted by atomic mass is 35.5. The largest absolute Gasteiger partial charge is 0.388 e. The van der Waals surface area contributed by atoms with E-state index in [1.165, 1.54) is 12.1 Å². The third-order valence-corrected chi connectivity index (χ3v) is 2.84. The van der Waals surface area contributed by atoms with Gasteiger partial charge in [0.2, 0.25) is 0 Å². The first-order valence-electron chi connectivity index (χ1n) is 5.63. The van der Waals surface area contributed by atoms with Crippen molar-refractivity contribution in [2.45, 2.75) is 6.61 Å². The Bertz CT molecular complexity index is 697. The zero-order valence-corrected chi connectivity index (χ0v) is 10.8. The molecule has 1 aromatic heterocycles. The molecule has 0 atom stereocenters. The molecule has 1 N–H and O–H groups in total. The minimum Gasteiger partial charge on any atom is -0.388 e. The molecule has 0 bridgehead atoms. The second-order valence-electron chi connectivity index (χ2n) is 3.99. The molecule has 0 aliphatic rings. The first-order valence-corrected chi connectivity index (χ1v) is 5.63. The SMILES string of the molecule is Cl.OCc1nc2cc(F)ccc2n1-c1ccccc1. The van der Waals surface area contributed by atoms with Crippen molar-refractivity contribution >= 4 is 23.4 Å². The third kappa shape index (κ3) is 2.32. The Kier molecular flexibility index (Phi) is 3.83. The highest BCUT2D eigenvalue weighted by Crippen LogP contribution is 2.22. The molecule has 2 aromatic carbocycles. The molecule has 5 heteroatoms. The van der Waals surface area contributed by atoms with Gasteiger partial charge in [0.15, 0.2) is 0 Å². The summed E-state index contributed by atoms with van der Waals surface area (Å²) in [6.45, 7) is -0.189. The van der Waals surface area contributed by atoms with Gasteiger partial charge in [0.1, 0.15) is 18.2 Å². The number of benzene rings is 2. The fourth-order valence-corrected chi connectivity index (χ4v) is 2.07. The second-order valence-corrected chi connectivity index (χ2v) is 3.99. The van der Waals surface area contributed by atoms with Crippen LogP contribution in [0.4, 0.5) is 4.39 Å². The number of para-hydroxylation sites is 1. The maximum absolute atomic E-state index is 13.2. The lowest BCUT2D eigenvalue weighted by molar-refractivity contribution is 0.270. The predicted octanol–water partition coefficient (Wildman–Crippen LogP) is 3.08. The molecule has 3 nitrogen and oxygen atoms in total. The molecule has 0 radical (unpaired) electrons.